The van der Waals surface area contributed by atoms with Crippen LogP contribution >= 0.6 is 0 Å². The molecule has 0 bridgehead atoms. The number of phenols is 2. The Kier molecular flexibility index (Phi) is 7.92. The predicted molar refractivity (Wildman–Crippen MR) is 138 cm³/mol. The highest BCUT2D eigenvalue weighted by atomic mass is 16.3. The molecule has 0 saturated carbocycles. The molecule has 4 rings (SSSR count). The van der Waals surface area contributed by atoms with Crippen molar-refractivity contribution in [3.05, 3.63) is 119 Å². The van der Waals surface area contributed by atoms with Crippen molar-refractivity contribution in [1.82, 2.24) is 20.8 Å². The average molecular weight is 495 g/mol. The summed E-state index contributed by atoms with van der Waals surface area (Å²) in [5.41, 5.74) is 8.08. The summed E-state index contributed by atoms with van der Waals surface area (Å²) in [6.45, 7) is 0. The number of aromatic nitrogens is 2. The molecule has 0 fully saturated rings. The van der Waals surface area contributed by atoms with Gasteiger partial charge in [0.15, 0.2) is 0 Å². The highest BCUT2D eigenvalue weighted by Gasteiger charge is 2.07. The third-order valence-corrected chi connectivity index (χ3v) is 5.18. The van der Waals surface area contributed by atoms with Crippen molar-refractivity contribution in [1.29, 1.82) is 0 Å². The number of hydrogen-bond acceptors (Lipinski definition) is 8. The number of benzene rings is 2. The molecule has 0 spiro atoms. The summed E-state index contributed by atoms with van der Waals surface area (Å²) >= 11 is 0. The number of hydrazone groups is 2. The van der Waals surface area contributed by atoms with Gasteiger partial charge < -0.3 is 10.2 Å². The molecule has 4 aromatic rings. The van der Waals surface area contributed by atoms with Gasteiger partial charge in [0.05, 0.1) is 23.6 Å². The van der Waals surface area contributed by atoms with E-state index in [9.17, 15) is 19.8 Å². The van der Waals surface area contributed by atoms with Crippen molar-refractivity contribution in [2.75, 3.05) is 0 Å². The molecule has 0 aliphatic heterocycles. The molecule has 0 unspecified atom stereocenters. The van der Waals surface area contributed by atoms with Gasteiger partial charge in [-0.2, -0.15) is 10.2 Å². The number of nitrogens with zero attached hydrogens (tertiary/aromatic N) is 4. The summed E-state index contributed by atoms with van der Waals surface area (Å²) in [6.07, 6.45) is 9.17. The maximum atomic E-state index is 12.1. The van der Waals surface area contributed by atoms with Gasteiger partial charge in [0.2, 0.25) is 0 Å². The molecular weight excluding hydrogens is 472 g/mol. The fraction of sp³-hybridized carbons (Fsp3) is 0.0370. The quantitative estimate of drug-likeness (QED) is 0.219. The zero-order chi connectivity index (χ0) is 26.0. The summed E-state index contributed by atoms with van der Waals surface area (Å²) < 4.78 is 0. The van der Waals surface area contributed by atoms with E-state index in [1.807, 2.05) is 0 Å². The van der Waals surface area contributed by atoms with E-state index in [1.54, 1.807) is 60.9 Å². The minimum atomic E-state index is -0.421. The molecule has 2 amide bonds. The molecule has 0 radical (unpaired) electrons. The molecule has 2 aromatic carbocycles. The van der Waals surface area contributed by atoms with Gasteiger partial charge in [-0.3, -0.25) is 19.6 Å². The minimum Gasteiger partial charge on any atom is -0.507 e. The van der Waals surface area contributed by atoms with Crippen LogP contribution in [0.3, 0.4) is 0 Å². The van der Waals surface area contributed by atoms with E-state index in [2.05, 4.69) is 31.0 Å². The van der Waals surface area contributed by atoms with Gasteiger partial charge in [-0.1, -0.05) is 12.1 Å². The fourth-order valence-corrected chi connectivity index (χ4v) is 3.31. The molecule has 0 saturated heterocycles. The van der Waals surface area contributed by atoms with Crippen LogP contribution in [0.5, 0.6) is 11.5 Å². The molecule has 10 heteroatoms. The second-order valence-electron chi connectivity index (χ2n) is 7.84. The van der Waals surface area contributed by atoms with Crippen LogP contribution in [0.4, 0.5) is 0 Å². The molecule has 4 N–H and O–H groups in total. The Bertz CT molecular complexity index is 1350. The number of hydrogen-bond donors (Lipinski definition) is 4. The number of rotatable bonds is 8. The summed E-state index contributed by atoms with van der Waals surface area (Å²) in [5, 5.41) is 28.2. The van der Waals surface area contributed by atoms with Crippen LogP contribution < -0.4 is 10.9 Å². The van der Waals surface area contributed by atoms with Crippen molar-refractivity contribution in [2.24, 2.45) is 10.2 Å². The molecule has 10 nitrogen and oxygen atoms in total. The molecule has 0 aliphatic carbocycles. The molecule has 2 heterocycles. The van der Waals surface area contributed by atoms with Crippen LogP contribution in [0.1, 0.15) is 43.0 Å². The van der Waals surface area contributed by atoms with E-state index in [1.165, 1.54) is 37.0 Å². The van der Waals surface area contributed by atoms with E-state index in [0.717, 1.165) is 11.1 Å². The Labute approximate surface area is 212 Å². The second kappa shape index (κ2) is 11.8. The first-order valence-corrected chi connectivity index (χ1v) is 11.1. The minimum absolute atomic E-state index is 0.00557. The number of carbonyl (C=O) groups excluding carboxylic acids is 2. The van der Waals surface area contributed by atoms with Gasteiger partial charge in [0.25, 0.3) is 11.8 Å². The van der Waals surface area contributed by atoms with Gasteiger partial charge in [0, 0.05) is 35.9 Å². The molecule has 2 aromatic heterocycles. The molecule has 0 atom stereocenters. The average Bonchev–Trinajstić information content (AvgIpc) is 2.93. The van der Waals surface area contributed by atoms with Gasteiger partial charge in [-0.05, 0) is 66.1 Å². The monoisotopic (exact) mass is 494 g/mol. The van der Waals surface area contributed by atoms with E-state index < -0.39 is 11.8 Å². The van der Waals surface area contributed by atoms with E-state index in [-0.39, 0.29) is 11.5 Å². The SMILES string of the molecule is O=C(N/N=C/c1cc(Cc2ccc(O)c(/C=N/NC(=O)c3cccnc3)c2)ccc1O)c1cccnc1. The van der Waals surface area contributed by atoms with Crippen molar-refractivity contribution in [3.63, 3.8) is 0 Å². The predicted octanol–water partition coefficient (Wildman–Crippen LogP) is 3.01. The van der Waals surface area contributed by atoms with Gasteiger partial charge in [0.1, 0.15) is 11.5 Å². The maximum Gasteiger partial charge on any atom is 0.272 e. The molecule has 37 heavy (non-hydrogen) atoms. The highest BCUT2D eigenvalue weighted by Crippen LogP contribution is 2.22. The molecule has 184 valence electrons. The maximum absolute atomic E-state index is 12.1. The second-order valence-corrected chi connectivity index (χ2v) is 7.84. The number of pyridine rings is 2. The Morgan fingerprint density at radius 3 is 1.59 bits per heavy atom. The smallest absolute Gasteiger partial charge is 0.272 e. The zero-order valence-corrected chi connectivity index (χ0v) is 19.4. The lowest BCUT2D eigenvalue weighted by atomic mass is 10.0. The topological polar surface area (TPSA) is 149 Å². The first-order chi connectivity index (χ1) is 18.0. The first-order valence-electron chi connectivity index (χ1n) is 11.1. The summed E-state index contributed by atoms with van der Waals surface area (Å²) in [6, 6.07) is 16.6. The fourth-order valence-electron chi connectivity index (χ4n) is 3.31. The Balaban J connectivity index is 1.41. The lowest BCUT2D eigenvalue weighted by Crippen LogP contribution is -2.17. The number of phenolic OH excluding ortho intramolecular Hbond substituents is 2. The van der Waals surface area contributed by atoms with Crippen LogP contribution in [-0.4, -0.2) is 44.4 Å². The largest absolute Gasteiger partial charge is 0.507 e. The highest BCUT2D eigenvalue weighted by molar-refractivity contribution is 5.95. The van der Waals surface area contributed by atoms with Crippen LogP contribution in [0, 0.1) is 0 Å². The van der Waals surface area contributed by atoms with Crippen molar-refractivity contribution in [3.8, 4) is 11.5 Å². The van der Waals surface area contributed by atoms with Crippen LogP contribution in [0.25, 0.3) is 0 Å². The van der Waals surface area contributed by atoms with Gasteiger partial charge >= 0.3 is 0 Å². The van der Waals surface area contributed by atoms with Gasteiger partial charge in [-0.15, -0.1) is 0 Å². The Morgan fingerprint density at radius 1 is 0.730 bits per heavy atom. The number of carbonyl (C=O) groups is 2. The van der Waals surface area contributed by atoms with E-state index in [0.29, 0.717) is 28.7 Å². The Morgan fingerprint density at radius 2 is 1.19 bits per heavy atom. The molecular formula is C27H22N6O4. The number of aromatic hydroxyl groups is 2. The zero-order valence-electron chi connectivity index (χ0n) is 19.4. The first kappa shape index (κ1) is 24.7. The van der Waals surface area contributed by atoms with Crippen LogP contribution in [-0.2, 0) is 6.42 Å². The van der Waals surface area contributed by atoms with Gasteiger partial charge in [-0.25, -0.2) is 10.9 Å². The summed E-state index contributed by atoms with van der Waals surface area (Å²) in [4.78, 5) is 32.0. The van der Waals surface area contributed by atoms with E-state index >= 15 is 0 Å². The standard InChI is InChI=1S/C27H22N6O4/c34-24-7-5-18(12-22(24)16-30-32-26(36)20-3-1-9-28-14-20)11-19-6-8-25(35)23(13-19)17-31-33-27(37)21-4-2-10-29-15-21/h1-10,12-17,34-35H,11H2,(H,32,36)(H,33,37)/b30-16+,31-17+. The number of amides is 2. The lowest BCUT2D eigenvalue weighted by molar-refractivity contribution is 0.0946. The lowest BCUT2D eigenvalue weighted by Gasteiger charge is -2.07. The normalized spacial score (nSPS) is 11.0. The van der Waals surface area contributed by atoms with Crippen LogP contribution in [0.15, 0.2) is 95.7 Å². The number of nitrogens with one attached hydrogen (secondary N) is 2. The van der Waals surface area contributed by atoms with Crippen molar-refractivity contribution in [2.45, 2.75) is 6.42 Å². The van der Waals surface area contributed by atoms with Crippen molar-refractivity contribution >= 4 is 24.2 Å². The summed E-state index contributed by atoms with van der Waals surface area (Å²) in [5.74, 6) is -0.832. The van der Waals surface area contributed by atoms with Crippen molar-refractivity contribution < 1.29 is 19.8 Å². The Hall–Kier alpha value is -5.38. The third-order valence-electron chi connectivity index (χ3n) is 5.18. The van der Waals surface area contributed by atoms with Crippen LogP contribution in [0.2, 0.25) is 0 Å². The summed E-state index contributed by atoms with van der Waals surface area (Å²) in [7, 11) is 0. The third kappa shape index (κ3) is 6.83. The van der Waals surface area contributed by atoms with E-state index in [4.69, 9.17) is 0 Å². The molecule has 0 aliphatic rings.